The first-order chi connectivity index (χ1) is 8.55. The van der Waals surface area contributed by atoms with Crippen molar-refractivity contribution in [2.24, 2.45) is 0 Å². The van der Waals surface area contributed by atoms with Gasteiger partial charge in [0.05, 0.1) is 5.69 Å². The van der Waals surface area contributed by atoms with Gasteiger partial charge in [0.15, 0.2) is 5.82 Å². The van der Waals surface area contributed by atoms with Crippen molar-refractivity contribution in [2.75, 3.05) is 24.5 Å². The predicted octanol–water partition coefficient (Wildman–Crippen LogP) is 1.23. The highest BCUT2D eigenvalue weighted by atomic mass is 15.3. The molecule has 1 aliphatic rings. The quantitative estimate of drug-likeness (QED) is 0.820. The van der Waals surface area contributed by atoms with Gasteiger partial charge in [-0.25, -0.2) is 9.50 Å². The van der Waals surface area contributed by atoms with E-state index in [0.717, 1.165) is 36.7 Å². The van der Waals surface area contributed by atoms with E-state index in [-0.39, 0.29) is 5.54 Å². The van der Waals surface area contributed by atoms with Crippen molar-refractivity contribution in [3.8, 4) is 0 Å². The van der Waals surface area contributed by atoms with Crippen LogP contribution in [0, 0.1) is 6.92 Å². The molecule has 1 aliphatic heterocycles. The van der Waals surface area contributed by atoms with Crippen LogP contribution in [-0.4, -0.2) is 39.8 Å². The minimum Gasteiger partial charge on any atom is -0.352 e. The van der Waals surface area contributed by atoms with Gasteiger partial charge in [0.1, 0.15) is 5.52 Å². The molecule has 2 aromatic heterocycles. The molecular weight excluding hydrogens is 226 g/mol. The number of rotatable bonds is 1. The highest BCUT2D eigenvalue weighted by Crippen LogP contribution is 2.22. The molecule has 1 N–H and O–H groups in total. The van der Waals surface area contributed by atoms with Gasteiger partial charge in [0.2, 0.25) is 0 Å². The van der Waals surface area contributed by atoms with E-state index in [0.29, 0.717) is 0 Å². The van der Waals surface area contributed by atoms with Gasteiger partial charge in [-0.05, 0) is 26.8 Å². The van der Waals surface area contributed by atoms with Gasteiger partial charge in [0, 0.05) is 37.6 Å². The normalized spacial score (nSPS) is 19.4. The van der Waals surface area contributed by atoms with E-state index in [1.165, 1.54) is 0 Å². The Morgan fingerprint density at radius 3 is 3.00 bits per heavy atom. The van der Waals surface area contributed by atoms with Crippen LogP contribution in [0.1, 0.15) is 19.5 Å². The molecule has 0 radical (unpaired) electrons. The molecule has 0 bridgehead atoms. The summed E-state index contributed by atoms with van der Waals surface area (Å²) in [6, 6.07) is 2.09. The summed E-state index contributed by atoms with van der Waals surface area (Å²) in [5, 5.41) is 7.96. The van der Waals surface area contributed by atoms with Crippen LogP contribution >= 0.6 is 0 Å². The number of aryl methyl sites for hydroxylation is 1. The minimum absolute atomic E-state index is 0.127. The van der Waals surface area contributed by atoms with Crippen LogP contribution in [0.2, 0.25) is 0 Å². The molecule has 0 atom stereocenters. The highest BCUT2D eigenvalue weighted by molar-refractivity contribution is 5.69. The van der Waals surface area contributed by atoms with E-state index in [1.54, 1.807) is 0 Å². The third kappa shape index (κ3) is 1.95. The van der Waals surface area contributed by atoms with Crippen molar-refractivity contribution >= 4 is 11.3 Å². The third-order valence-corrected chi connectivity index (χ3v) is 3.36. The maximum absolute atomic E-state index is 4.55. The lowest BCUT2D eigenvalue weighted by Gasteiger charge is -2.39. The SMILES string of the molecule is Cc1cc2c(N3CCNC(C)(C)C3)nccn2n1. The number of hydrogen-bond acceptors (Lipinski definition) is 4. The number of fused-ring (bicyclic) bond motifs is 1. The number of nitrogens with zero attached hydrogens (tertiary/aromatic N) is 4. The van der Waals surface area contributed by atoms with Crippen molar-refractivity contribution in [3.05, 3.63) is 24.2 Å². The number of nitrogens with one attached hydrogen (secondary N) is 1. The summed E-state index contributed by atoms with van der Waals surface area (Å²) in [7, 11) is 0. The van der Waals surface area contributed by atoms with Gasteiger partial charge in [0.25, 0.3) is 0 Å². The summed E-state index contributed by atoms with van der Waals surface area (Å²) >= 11 is 0. The molecule has 0 aliphatic carbocycles. The Bertz CT molecular complexity index is 572. The van der Waals surface area contributed by atoms with Crippen LogP contribution in [0.3, 0.4) is 0 Å². The van der Waals surface area contributed by atoms with Crippen LogP contribution in [0.15, 0.2) is 18.5 Å². The Balaban J connectivity index is 2.03. The fourth-order valence-corrected chi connectivity index (χ4v) is 2.60. The molecule has 0 saturated carbocycles. The van der Waals surface area contributed by atoms with Crippen molar-refractivity contribution in [3.63, 3.8) is 0 Å². The number of anilines is 1. The fourth-order valence-electron chi connectivity index (χ4n) is 2.60. The lowest BCUT2D eigenvalue weighted by Crippen LogP contribution is -2.57. The monoisotopic (exact) mass is 245 g/mol. The molecule has 5 nitrogen and oxygen atoms in total. The third-order valence-electron chi connectivity index (χ3n) is 3.36. The maximum atomic E-state index is 4.55. The van der Waals surface area contributed by atoms with E-state index in [9.17, 15) is 0 Å². The van der Waals surface area contributed by atoms with Gasteiger partial charge >= 0.3 is 0 Å². The average Bonchev–Trinajstić information content (AvgIpc) is 2.67. The molecule has 0 amide bonds. The standard InChI is InChI=1S/C13H19N5/c1-10-8-11-12(14-4-7-18(11)16-10)17-6-5-15-13(2,3)9-17/h4,7-8,15H,5-6,9H2,1-3H3. The molecule has 0 aromatic carbocycles. The molecule has 1 fully saturated rings. The number of aromatic nitrogens is 3. The van der Waals surface area contributed by atoms with Crippen LogP contribution < -0.4 is 10.2 Å². The molecule has 18 heavy (non-hydrogen) atoms. The average molecular weight is 245 g/mol. The van der Waals surface area contributed by atoms with Crippen molar-refractivity contribution in [1.29, 1.82) is 0 Å². The molecule has 3 heterocycles. The molecule has 0 unspecified atom stereocenters. The van der Waals surface area contributed by atoms with Crippen molar-refractivity contribution in [1.82, 2.24) is 19.9 Å². The van der Waals surface area contributed by atoms with E-state index < -0.39 is 0 Å². The molecule has 0 spiro atoms. The van der Waals surface area contributed by atoms with Crippen LogP contribution in [-0.2, 0) is 0 Å². The zero-order valence-electron chi connectivity index (χ0n) is 11.1. The van der Waals surface area contributed by atoms with Gasteiger partial charge in [-0.2, -0.15) is 5.10 Å². The largest absolute Gasteiger partial charge is 0.352 e. The summed E-state index contributed by atoms with van der Waals surface area (Å²) in [4.78, 5) is 6.89. The van der Waals surface area contributed by atoms with Crippen LogP contribution in [0.25, 0.3) is 5.52 Å². The maximum Gasteiger partial charge on any atom is 0.154 e. The molecular formula is C13H19N5. The summed E-state index contributed by atoms with van der Waals surface area (Å²) in [6.07, 6.45) is 3.73. The minimum atomic E-state index is 0.127. The van der Waals surface area contributed by atoms with E-state index in [2.05, 4.69) is 40.2 Å². The van der Waals surface area contributed by atoms with Crippen molar-refractivity contribution < 1.29 is 0 Å². The molecule has 3 rings (SSSR count). The van der Waals surface area contributed by atoms with Gasteiger partial charge in [-0.15, -0.1) is 0 Å². The Kier molecular flexibility index (Phi) is 2.52. The number of piperazine rings is 1. The summed E-state index contributed by atoms with van der Waals surface area (Å²) in [5.74, 6) is 1.03. The zero-order valence-corrected chi connectivity index (χ0v) is 11.1. The summed E-state index contributed by atoms with van der Waals surface area (Å²) in [5.41, 5.74) is 2.24. The Labute approximate surface area is 107 Å². The van der Waals surface area contributed by atoms with Gasteiger partial charge in [-0.1, -0.05) is 0 Å². The summed E-state index contributed by atoms with van der Waals surface area (Å²) in [6.45, 7) is 9.40. The first-order valence-corrected chi connectivity index (χ1v) is 6.36. The zero-order chi connectivity index (χ0) is 12.8. The predicted molar refractivity (Wildman–Crippen MR) is 72.0 cm³/mol. The fraction of sp³-hybridized carbons (Fsp3) is 0.538. The highest BCUT2D eigenvalue weighted by Gasteiger charge is 2.27. The molecule has 96 valence electrons. The Hall–Kier alpha value is -1.62. The smallest absolute Gasteiger partial charge is 0.154 e. The van der Waals surface area contributed by atoms with E-state index in [1.807, 2.05) is 23.8 Å². The first-order valence-electron chi connectivity index (χ1n) is 6.36. The second-order valence-electron chi connectivity index (χ2n) is 5.60. The topological polar surface area (TPSA) is 45.5 Å². The molecule has 5 heteroatoms. The van der Waals surface area contributed by atoms with Crippen molar-refractivity contribution in [2.45, 2.75) is 26.3 Å². The Morgan fingerprint density at radius 2 is 2.22 bits per heavy atom. The second kappa shape index (κ2) is 3.95. The molecule has 1 saturated heterocycles. The number of hydrogen-bond donors (Lipinski definition) is 1. The second-order valence-corrected chi connectivity index (χ2v) is 5.60. The Morgan fingerprint density at radius 1 is 1.39 bits per heavy atom. The first kappa shape index (κ1) is 11.5. The van der Waals surface area contributed by atoms with Gasteiger partial charge in [-0.3, -0.25) is 0 Å². The van der Waals surface area contributed by atoms with E-state index >= 15 is 0 Å². The lowest BCUT2D eigenvalue weighted by atomic mass is 10.0. The molecule has 2 aromatic rings. The van der Waals surface area contributed by atoms with E-state index in [4.69, 9.17) is 0 Å². The van der Waals surface area contributed by atoms with Crippen LogP contribution in [0.5, 0.6) is 0 Å². The summed E-state index contributed by atoms with van der Waals surface area (Å²) < 4.78 is 1.91. The van der Waals surface area contributed by atoms with Crippen LogP contribution in [0.4, 0.5) is 5.82 Å². The lowest BCUT2D eigenvalue weighted by molar-refractivity contribution is 0.352. The van der Waals surface area contributed by atoms with Gasteiger partial charge < -0.3 is 10.2 Å².